The van der Waals surface area contributed by atoms with Crippen molar-refractivity contribution in [2.24, 2.45) is 17.6 Å². The van der Waals surface area contributed by atoms with Crippen molar-refractivity contribution in [1.82, 2.24) is 10.2 Å². The molecule has 9 heteroatoms. The van der Waals surface area contributed by atoms with Gasteiger partial charge in [0.25, 0.3) is 0 Å². The number of aliphatic hydroxyl groups is 1. The van der Waals surface area contributed by atoms with Crippen molar-refractivity contribution in [1.29, 1.82) is 0 Å². The third kappa shape index (κ3) is 7.00. The first-order valence-corrected chi connectivity index (χ1v) is 12.9. The van der Waals surface area contributed by atoms with E-state index in [4.69, 9.17) is 10.5 Å². The highest BCUT2D eigenvalue weighted by atomic mass is 32.2. The standard InChI is InChI=1S/C20H33N3O5S.C3H8/c1-3-20(2,21)16(25)13-6-4-12(5-7-13)11-23-15(24)10-14(18(23)27)29-19-17(26)22-8-9-28-19;1-3-2/h12-14,17,19,22,26H,3-11,21H2,1-2H3;3H2,1-2H3/t12?,13?,14?,17-,19?,20?;/m1./s1. The summed E-state index contributed by atoms with van der Waals surface area (Å²) in [4.78, 5) is 39.2. The molecular formula is C23H41N3O5S. The van der Waals surface area contributed by atoms with Crippen molar-refractivity contribution in [2.45, 2.75) is 95.1 Å². The molecule has 0 bridgehead atoms. The Hall–Kier alpha value is -1.00. The minimum Gasteiger partial charge on any atom is -0.375 e. The van der Waals surface area contributed by atoms with Gasteiger partial charge in [-0.25, -0.2) is 0 Å². The van der Waals surface area contributed by atoms with Crippen LogP contribution in [-0.4, -0.2) is 69.8 Å². The molecule has 2 aliphatic heterocycles. The number of imide groups is 1. The van der Waals surface area contributed by atoms with Gasteiger partial charge in [0.1, 0.15) is 11.7 Å². The highest BCUT2D eigenvalue weighted by molar-refractivity contribution is 8.01. The van der Waals surface area contributed by atoms with Crippen LogP contribution in [-0.2, 0) is 19.1 Å². The van der Waals surface area contributed by atoms with Crippen molar-refractivity contribution < 1.29 is 24.2 Å². The maximum atomic E-state index is 12.8. The third-order valence-corrected chi connectivity index (χ3v) is 7.81. The summed E-state index contributed by atoms with van der Waals surface area (Å²) in [5, 5.41) is 12.3. The van der Waals surface area contributed by atoms with Crippen LogP contribution in [0.5, 0.6) is 0 Å². The van der Waals surface area contributed by atoms with Crippen LogP contribution in [0.15, 0.2) is 0 Å². The second-order valence-corrected chi connectivity index (χ2v) is 10.7. The van der Waals surface area contributed by atoms with Gasteiger partial charge in [-0.1, -0.05) is 27.2 Å². The number of carbonyl (C=O) groups is 3. The average molecular weight is 472 g/mol. The van der Waals surface area contributed by atoms with Crippen molar-refractivity contribution in [3.05, 3.63) is 0 Å². The van der Waals surface area contributed by atoms with E-state index >= 15 is 0 Å². The van der Waals surface area contributed by atoms with Crippen molar-refractivity contribution in [3.63, 3.8) is 0 Å². The summed E-state index contributed by atoms with van der Waals surface area (Å²) in [7, 11) is 0. The van der Waals surface area contributed by atoms with E-state index in [0.717, 1.165) is 25.7 Å². The van der Waals surface area contributed by atoms with Crippen LogP contribution >= 0.6 is 11.8 Å². The van der Waals surface area contributed by atoms with E-state index in [-0.39, 0.29) is 35.9 Å². The zero-order valence-corrected chi connectivity index (χ0v) is 20.8. The summed E-state index contributed by atoms with van der Waals surface area (Å²) in [5.41, 5.74) is 4.79. The molecule has 2 amide bonds. The number of hydrogen-bond donors (Lipinski definition) is 3. The second kappa shape index (κ2) is 12.5. The molecule has 3 fully saturated rings. The summed E-state index contributed by atoms with van der Waals surface area (Å²) in [6.07, 6.45) is 4.34. The first-order chi connectivity index (χ1) is 15.1. The molecule has 0 spiro atoms. The molecule has 3 rings (SSSR count). The predicted molar refractivity (Wildman–Crippen MR) is 126 cm³/mol. The van der Waals surface area contributed by atoms with Gasteiger partial charge in [0.15, 0.2) is 5.78 Å². The van der Waals surface area contributed by atoms with Gasteiger partial charge < -0.3 is 15.6 Å². The number of amides is 2. The van der Waals surface area contributed by atoms with Gasteiger partial charge >= 0.3 is 0 Å². The van der Waals surface area contributed by atoms with Crippen LogP contribution in [0.25, 0.3) is 0 Å². The van der Waals surface area contributed by atoms with E-state index in [0.29, 0.717) is 26.1 Å². The number of carbonyl (C=O) groups excluding carboxylic acids is 3. The Balaban J connectivity index is 0.00000114. The SMILES string of the molecule is CCC.CCC(C)(N)C(=O)C1CCC(CN2C(=O)CC(SC3OCCN[C@@H]3O)C2=O)CC1. The summed E-state index contributed by atoms with van der Waals surface area (Å²) >= 11 is 1.22. The lowest BCUT2D eigenvalue weighted by atomic mass is 9.75. The first-order valence-electron chi connectivity index (χ1n) is 12.0. The fraction of sp³-hybridized carbons (Fsp3) is 0.870. The molecule has 2 heterocycles. The second-order valence-electron chi connectivity index (χ2n) is 9.37. The number of rotatable bonds is 7. The lowest BCUT2D eigenvalue weighted by Crippen LogP contribution is -2.48. The van der Waals surface area contributed by atoms with Gasteiger partial charge in [-0.3, -0.25) is 24.6 Å². The monoisotopic (exact) mass is 471 g/mol. The highest BCUT2D eigenvalue weighted by Gasteiger charge is 2.43. The van der Waals surface area contributed by atoms with E-state index in [2.05, 4.69) is 19.2 Å². The van der Waals surface area contributed by atoms with Crippen LogP contribution in [0.1, 0.15) is 72.6 Å². The molecule has 1 aliphatic carbocycles. The number of ketones is 1. The minimum absolute atomic E-state index is 0.0214. The molecule has 8 nitrogen and oxygen atoms in total. The third-order valence-electron chi connectivity index (χ3n) is 6.45. The molecule has 0 aromatic heterocycles. The van der Waals surface area contributed by atoms with Crippen LogP contribution in [0.3, 0.4) is 0 Å². The van der Waals surface area contributed by atoms with Crippen LogP contribution in [0.2, 0.25) is 0 Å². The number of nitrogens with two attached hydrogens (primary N) is 1. The first kappa shape index (κ1) is 27.2. The zero-order valence-electron chi connectivity index (χ0n) is 20.0. The lowest BCUT2D eigenvalue weighted by molar-refractivity contribution is -0.139. The average Bonchev–Trinajstić information content (AvgIpc) is 3.03. The van der Waals surface area contributed by atoms with Crippen molar-refractivity contribution >= 4 is 29.4 Å². The molecular weight excluding hydrogens is 430 g/mol. The molecule has 3 aliphatic rings. The molecule has 3 unspecified atom stereocenters. The normalized spacial score (nSPS) is 32.8. The number of morpholine rings is 1. The van der Waals surface area contributed by atoms with E-state index in [9.17, 15) is 19.5 Å². The fourth-order valence-electron chi connectivity index (χ4n) is 4.30. The van der Waals surface area contributed by atoms with E-state index in [1.165, 1.54) is 23.1 Å². The molecule has 32 heavy (non-hydrogen) atoms. The number of Topliss-reactive ketones (excluding diaryl/α,β-unsaturated/α-hetero) is 1. The van der Waals surface area contributed by atoms with Gasteiger partial charge in [-0.05, 0) is 44.9 Å². The van der Waals surface area contributed by atoms with Crippen LogP contribution < -0.4 is 11.1 Å². The summed E-state index contributed by atoms with van der Waals surface area (Å²) in [6, 6.07) is 0. The van der Waals surface area contributed by atoms with Crippen LogP contribution in [0, 0.1) is 11.8 Å². The molecule has 2 saturated heterocycles. The Labute approximate surface area is 196 Å². The largest absolute Gasteiger partial charge is 0.375 e. The number of nitrogens with one attached hydrogen (secondary N) is 1. The quantitative estimate of drug-likeness (QED) is 0.482. The summed E-state index contributed by atoms with van der Waals surface area (Å²) in [5.74, 6) is -0.0288. The molecule has 184 valence electrons. The molecule has 4 atom stereocenters. The van der Waals surface area contributed by atoms with Crippen molar-refractivity contribution in [3.8, 4) is 0 Å². The van der Waals surface area contributed by atoms with Gasteiger partial charge in [-0.2, -0.15) is 0 Å². The smallest absolute Gasteiger partial charge is 0.242 e. The van der Waals surface area contributed by atoms with Gasteiger partial charge in [0.2, 0.25) is 11.8 Å². The Morgan fingerprint density at radius 2 is 1.88 bits per heavy atom. The number of aliphatic hydroxyl groups excluding tert-OH is 1. The Bertz CT molecular complexity index is 652. The van der Waals surface area contributed by atoms with E-state index < -0.39 is 22.5 Å². The number of thioether (sulfide) groups is 1. The topological polar surface area (TPSA) is 122 Å². The van der Waals surface area contributed by atoms with Gasteiger partial charge in [-0.15, -0.1) is 11.8 Å². The number of ether oxygens (including phenoxy) is 1. The number of nitrogens with zero attached hydrogens (tertiary/aromatic N) is 1. The number of hydrogen-bond acceptors (Lipinski definition) is 8. The van der Waals surface area contributed by atoms with E-state index in [1.54, 1.807) is 6.92 Å². The van der Waals surface area contributed by atoms with Crippen molar-refractivity contribution in [2.75, 3.05) is 19.7 Å². The Kier molecular flexibility index (Phi) is 10.6. The molecule has 0 radical (unpaired) electrons. The molecule has 1 saturated carbocycles. The van der Waals surface area contributed by atoms with Gasteiger partial charge in [0.05, 0.1) is 17.4 Å². The Morgan fingerprint density at radius 3 is 2.44 bits per heavy atom. The minimum atomic E-state index is -0.838. The maximum absolute atomic E-state index is 12.8. The lowest BCUT2D eigenvalue weighted by Gasteiger charge is -2.33. The molecule has 4 N–H and O–H groups in total. The van der Waals surface area contributed by atoms with Gasteiger partial charge in [0, 0.05) is 25.4 Å². The molecule has 0 aromatic carbocycles. The van der Waals surface area contributed by atoms with Crippen LogP contribution in [0.4, 0.5) is 0 Å². The summed E-state index contributed by atoms with van der Waals surface area (Å²) in [6.45, 7) is 9.42. The fourth-order valence-corrected chi connectivity index (χ4v) is 5.53. The maximum Gasteiger partial charge on any atom is 0.242 e. The Morgan fingerprint density at radius 1 is 1.25 bits per heavy atom. The van der Waals surface area contributed by atoms with E-state index in [1.807, 2.05) is 6.92 Å². The molecule has 0 aromatic rings. The zero-order chi connectivity index (χ0) is 23.9. The predicted octanol–water partition coefficient (Wildman–Crippen LogP) is 2.03. The summed E-state index contributed by atoms with van der Waals surface area (Å²) < 4.78 is 5.52. The highest BCUT2D eigenvalue weighted by Crippen LogP contribution is 2.35. The number of likely N-dealkylation sites (tertiary alicyclic amines) is 1.